The highest BCUT2D eigenvalue weighted by molar-refractivity contribution is 7.11. The second kappa shape index (κ2) is 5.80. The summed E-state index contributed by atoms with van der Waals surface area (Å²) in [6, 6.07) is 4.34. The van der Waals surface area contributed by atoms with E-state index in [0.717, 1.165) is 19.5 Å². The van der Waals surface area contributed by atoms with Crippen molar-refractivity contribution < 1.29 is 0 Å². The fraction of sp³-hybridized carbons (Fsp3) is 0.455. The molecule has 0 aliphatic heterocycles. The molecule has 0 bridgehead atoms. The van der Waals surface area contributed by atoms with Gasteiger partial charge in [0.25, 0.3) is 0 Å². The van der Waals surface area contributed by atoms with Crippen LogP contribution in [-0.2, 0) is 6.54 Å². The van der Waals surface area contributed by atoms with Crippen LogP contribution in [0.2, 0.25) is 0 Å². The number of thiophene rings is 1. The predicted octanol–water partition coefficient (Wildman–Crippen LogP) is 2.56. The first-order chi connectivity index (χ1) is 6.33. The van der Waals surface area contributed by atoms with E-state index in [4.69, 9.17) is 0 Å². The molecule has 70 valence electrons. The van der Waals surface area contributed by atoms with Gasteiger partial charge in [0.1, 0.15) is 0 Å². The lowest BCUT2D eigenvalue weighted by Gasteiger charge is -1.98. The minimum absolute atomic E-state index is 0.945. The monoisotopic (exact) mass is 193 g/mol. The predicted molar refractivity (Wildman–Crippen MR) is 58.8 cm³/mol. The Morgan fingerprint density at radius 2 is 2.31 bits per heavy atom. The summed E-state index contributed by atoms with van der Waals surface area (Å²) in [6.07, 6.45) is 0.945. The maximum Gasteiger partial charge on any atom is 0.0300 e. The topological polar surface area (TPSA) is 12.0 Å². The van der Waals surface area contributed by atoms with Gasteiger partial charge in [-0.05, 0) is 26.0 Å². The Morgan fingerprint density at radius 1 is 1.46 bits per heavy atom. The van der Waals surface area contributed by atoms with Gasteiger partial charge in [-0.25, -0.2) is 0 Å². The maximum atomic E-state index is 3.36. The summed E-state index contributed by atoms with van der Waals surface area (Å²) in [6.45, 7) is 5.97. The third-order valence-electron chi connectivity index (χ3n) is 1.70. The van der Waals surface area contributed by atoms with Gasteiger partial charge >= 0.3 is 0 Å². The minimum Gasteiger partial charge on any atom is -0.311 e. The van der Waals surface area contributed by atoms with Gasteiger partial charge in [0.15, 0.2) is 0 Å². The SMILES string of the molecule is CC#CCCNCc1ccc(C)s1. The average Bonchev–Trinajstić information content (AvgIpc) is 2.51. The molecule has 1 aromatic rings. The lowest BCUT2D eigenvalue weighted by molar-refractivity contribution is 0.708. The second-order valence-electron chi connectivity index (χ2n) is 2.87. The van der Waals surface area contributed by atoms with Crippen LogP contribution < -0.4 is 5.32 Å². The molecular weight excluding hydrogens is 178 g/mol. The molecule has 0 fully saturated rings. The first-order valence-corrected chi connectivity index (χ1v) is 5.30. The van der Waals surface area contributed by atoms with Crippen LogP contribution in [0.25, 0.3) is 0 Å². The van der Waals surface area contributed by atoms with Crippen LogP contribution in [0.4, 0.5) is 0 Å². The fourth-order valence-electron chi connectivity index (χ4n) is 1.07. The smallest absolute Gasteiger partial charge is 0.0300 e. The van der Waals surface area contributed by atoms with Crippen LogP contribution in [-0.4, -0.2) is 6.54 Å². The van der Waals surface area contributed by atoms with E-state index in [1.54, 1.807) is 0 Å². The number of nitrogens with one attached hydrogen (secondary N) is 1. The molecule has 0 spiro atoms. The maximum absolute atomic E-state index is 3.36. The Bertz CT molecular complexity index is 303. The molecule has 1 aromatic heterocycles. The Labute approximate surface area is 84.2 Å². The van der Waals surface area contributed by atoms with Crippen LogP contribution in [0.1, 0.15) is 23.1 Å². The van der Waals surface area contributed by atoms with E-state index in [9.17, 15) is 0 Å². The molecule has 13 heavy (non-hydrogen) atoms. The zero-order valence-electron chi connectivity index (χ0n) is 8.18. The van der Waals surface area contributed by atoms with Crippen molar-refractivity contribution in [3.05, 3.63) is 21.9 Å². The molecule has 0 amide bonds. The molecule has 1 rings (SSSR count). The molecule has 0 aromatic carbocycles. The molecule has 1 heterocycles. The summed E-state index contributed by atoms with van der Waals surface area (Å²) in [7, 11) is 0. The average molecular weight is 193 g/mol. The van der Waals surface area contributed by atoms with Gasteiger partial charge in [-0.3, -0.25) is 0 Å². The Kier molecular flexibility index (Phi) is 4.59. The number of aryl methyl sites for hydroxylation is 1. The van der Waals surface area contributed by atoms with Gasteiger partial charge in [-0.15, -0.1) is 23.2 Å². The number of rotatable bonds is 4. The van der Waals surface area contributed by atoms with Crippen molar-refractivity contribution in [3.63, 3.8) is 0 Å². The Hall–Kier alpha value is -0.780. The van der Waals surface area contributed by atoms with Crippen LogP contribution >= 0.6 is 11.3 Å². The van der Waals surface area contributed by atoms with Crippen molar-refractivity contribution in [1.82, 2.24) is 5.32 Å². The molecule has 2 heteroatoms. The van der Waals surface area contributed by atoms with E-state index in [-0.39, 0.29) is 0 Å². The first-order valence-electron chi connectivity index (χ1n) is 4.48. The molecule has 0 atom stereocenters. The van der Waals surface area contributed by atoms with E-state index < -0.39 is 0 Å². The molecule has 1 N–H and O–H groups in total. The lowest BCUT2D eigenvalue weighted by atomic mass is 10.4. The third kappa shape index (κ3) is 4.12. The Balaban J connectivity index is 2.15. The zero-order chi connectivity index (χ0) is 9.52. The van der Waals surface area contributed by atoms with E-state index in [1.165, 1.54) is 9.75 Å². The van der Waals surface area contributed by atoms with Gasteiger partial charge < -0.3 is 5.32 Å². The normalized spacial score (nSPS) is 9.38. The molecule has 0 saturated heterocycles. The van der Waals surface area contributed by atoms with E-state index >= 15 is 0 Å². The van der Waals surface area contributed by atoms with Gasteiger partial charge in [0, 0.05) is 29.3 Å². The van der Waals surface area contributed by atoms with E-state index in [2.05, 4.69) is 36.2 Å². The number of hydrogen-bond donors (Lipinski definition) is 1. The standard InChI is InChI=1S/C11H15NS/c1-3-4-5-8-12-9-11-7-6-10(2)13-11/h6-7,12H,5,8-9H2,1-2H3. The second-order valence-corrected chi connectivity index (χ2v) is 4.24. The fourth-order valence-corrected chi connectivity index (χ4v) is 1.93. The van der Waals surface area contributed by atoms with Gasteiger partial charge in [0.2, 0.25) is 0 Å². The van der Waals surface area contributed by atoms with Crippen LogP contribution in [0.15, 0.2) is 12.1 Å². The summed E-state index contributed by atoms with van der Waals surface area (Å²) in [5.74, 6) is 5.91. The highest BCUT2D eigenvalue weighted by atomic mass is 32.1. The first kappa shape index (κ1) is 10.3. The summed E-state index contributed by atoms with van der Waals surface area (Å²) in [5, 5.41) is 3.36. The van der Waals surface area contributed by atoms with Crippen LogP contribution in [0.5, 0.6) is 0 Å². The zero-order valence-corrected chi connectivity index (χ0v) is 9.00. The Morgan fingerprint density at radius 3 is 2.92 bits per heavy atom. The van der Waals surface area contributed by atoms with Crippen molar-refractivity contribution in [2.24, 2.45) is 0 Å². The summed E-state index contributed by atoms with van der Waals surface area (Å²) in [4.78, 5) is 2.78. The summed E-state index contributed by atoms with van der Waals surface area (Å²) < 4.78 is 0. The van der Waals surface area contributed by atoms with Crippen molar-refractivity contribution >= 4 is 11.3 Å². The van der Waals surface area contributed by atoms with E-state index in [0.29, 0.717) is 0 Å². The molecule has 0 aliphatic rings. The highest BCUT2D eigenvalue weighted by Crippen LogP contribution is 2.14. The van der Waals surface area contributed by atoms with Gasteiger partial charge in [-0.1, -0.05) is 0 Å². The molecule has 0 unspecified atom stereocenters. The summed E-state index contributed by atoms with van der Waals surface area (Å²) >= 11 is 1.85. The summed E-state index contributed by atoms with van der Waals surface area (Å²) in [5.41, 5.74) is 0. The van der Waals surface area contributed by atoms with Crippen molar-refractivity contribution in [3.8, 4) is 11.8 Å². The molecule has 0 aliphatic carbocycles. The third-order valence-corrected chi connectivity index (χ3v) is 2.70. The van der Waals surface area contributed by atoms with Crippen molar-refractivity contribution in [2.75, 3.05) is 6.54 Å². The van der Waals surface area contributed by atoms with E-state index in [1.807, 2.05) is 18.3 Å². The van der Waals surface area contributed by atoms with Crippen molar-refractivity contribution in [1.29, 1.82) is 0 Å². The molecule has 0 saturated carbocycles. The van der Waals surface area contributed by atoms with Crippen LogP contribution in [0, 0.1) is 18.8 Å². The van der Waals surface area contributed by atoms with Gasteiger partial charge in [-0.2, -0.15) is 0 Å². The minimum atomic E-state index is 0.945. The largest absolute Gasteiger partial charge is 0.311 e. The molecule has 0 radical (unpaired) electrons. The lowest BCUT2D eigenvalue weighted by Crippen LogP contribution is -2.13. The molecular formula is C11H15NS. The van der Waals surface area contributed by atoms with Crippen LogP contribution in [0.3, 0.4) is 0 Å². The van der Waals surface area contributed by atoms with Crippen molar-refractivity contribution in [2.45, 2.75) is 26.8 Å². The quantitative estimate of drug-likeness (QED) is 0.572. The van der Waals surface area contributed by atoms with Gasteiger partial charge in [0.05, 0.1) is 0 Å². The highest BCUT2D eigenvalue weighted by Gasteiger charge is 1.94. The molecule has 1 nitrogen and oxygen atoms in total. The number of hydrogen-bond acceptors (Lipinski definition) is 2.